The highest BCUT2D eigenvalue weighted by molar-refractivity contribution is 5.08. The summed E-state index contributed by atoms with van der Waals surface area (Å²) >= 11 is 0. The fourth-order valence-electron chi connectivity index (χ4n) is 1.15. The monoisotopic (exact) mass is 173 g/mol. The van der Waals surface area contributed by atoms with E-state index in [1.165, 1.54) is 0 Å². The van der Waals surface area contributed by atoms with Gasteiger partial charge in [-0.1, -0.05) is 48.6 Å². The van der Waals surface area contributed by atoms with Crippen LogP contribution in [-0.4, -0.2) is 0 Å². The first-order chi connectivity index (χ1) is 6.50. The first-order valence-corrected chi connectivity index (χ1v) is 4.95. The van der Waals surface area contributed by atoms with E-state index in [-0.39, 0.29) is 0 Å². The maximum absolute atomic E-state index is 2.25. The van der Waals surface area contributed by atoms with Crippen LogP contribution in [0.15, 0.2) is 48.6 Å². The third-order valence-electron chi connectivity index (χ3n) is 1.87. The van der Waals surface area contributed by atoms with Crippen LogP contribution in [0.5, 0.6) is 0 Å². The van der Waals surface area contributed by atoms with E-state index in [2.05, 4.69) is 55.0 Å². The Morgan fingerprint density at radius 3 is 2.31 bits per heavy atom. The van der Waals surface area contributed by atoms with Crippen LogP contribution in [0.1, 0.15) is 25.7 Å². The van der Waals surface area contributed by atoms with Crippen LogP contribution in [0.2, 0.25) is 0 Å². The molecule has 0 bridgehead atoms. The van der Waals surface area contributed by atoms with Gasteiger partial charge in [0.2, 0.25) is 0 Å². The Balaban J connectivity index is 2.38. The molecule has 0 heterocycles. The van der Waals surface area contributed by atoms with Crippen molar-refractivity contribution < 1.29 is 0 Å². The lowest BCUT2D eigenvalue weighted by molar-refractivity contribution is 1.04. The van der Waals surface area contributed by atoms with Crippen LogP contribution >= 0.6 is 0 Å². The summed E-state index contributed by atoms with van der Waals surface area (Å²) in [6, 6.07) is 0. The third-order valence-corrected chi connectivity index (χ3v) is 1.87. The molecule has 1 rings (SSSR count). The molecule has 13 heavy (non-hydrogen) atoms. The van der Waals surface area contributed by atoms with E-state index >= 15 is 0 Å². The molecular formula is C13H17. The van der Waals surface area contributed by atoms with Crippen LogP contribution in [0.3, 0.4) is 0 Å². The zero-order valence-electron chi connectivity index (χ0n) is 8.02. The SMILES string of the molecule is [CH]1/C=C/C/C=C/C=C\CC/C=C/C1. The zero-order valence-corrected chi connectivity index (χ0v) is 8.02. The van der Waals surface area contributed by atoms with Crippen LogP contribution in [0.25, 0.3) is 0 Å². The molecule has 0 aromatic rings. The number of hydrogen-bond acceptors (Lipinski definition) is 0. The molecule has 1 aliphatic rings. The van der Waals surface area contributed by atoms with Crippen LogP contribution in [0, 0.1) is 6.42 Å². The maximum Gasteiger partial charge on any atom is -0.0133 e. The lowest BCUT2D eigenvalue weighted by Crippen LogP contribution is -1.67. The van der Waals surface area contributed by atoms with Gasteiger partial charge in [0.25, 0.3) is 0 Å². The van der Waals surface area contributed by atoms with E-state index in [0.29, 0.717) is 0 Å². The van der Waals surface area contributed by atoms with E-state index in [1.807, 2.05) is 0 Å². The molecule has 0 heteroatoms. The van der Waals surface area contributed by atoms with Crippen molar-refractivity contribution in [3.63, 3.8) is 0 Å². The molecule has 0 fully saturated rings. The summed E-state index contributed by atoms with van der Waals surface area (Å²) < 4.78 is 0. The summed E-state index contributed by atoms with van der Waals surface area (Å²) in [6.07, 6.45) is 24.0. The molecule has 0 amide bonds. The van der Waals surface area contributed by atoms with Crippen molar-refractivity contribution >= 4 is 0 Å². The fraction of sp³-hybridized carbons (Fsp3) is 0.308. The molecule has 0 atom stereocenters. The minimum atomic E-state index is 1.03. The molecule has 0 saturated heterocycles. The summed E-state index contributed by atoms with van der Waals surface area (Å²) in [5, 5.41) is 0. The lowest BCUT2D eigenvalue weighted by atomic mass is 10.2. The summed E-state index contributed by atoms with van der Waals surface area (Å²) in [5.74, 6) is 0. The van der Waals surface area contributed by atoms with E-state index in [4.69, 9.17) is 0 Å². The Bertz CT molecular complexity index is 216. The van der Waals surface area contributed by atoms with Gasteiger partial charge in [0.05, 0.1) is 0 Å². The standard InChI is InChI=1S/C13H17/c1-2-4-6-8-10-12-13-11-9-7-5-3-1/h1-4,7,9-12H,5-6,8,13H2/b3-1+,4-2-,9-7+,12-10+. The second-order valence-electron chi connectivity index (χ2n) is 3.04. The predicted octanol–water partition coefficient (Wildman–Crippen LogP) is 3.99. The van der Waals surface area contributed by atoms with Gasteiger partial charge in [0.1, 0.15) is 0 Å². The number of allylic oxidation sites excluding steroid dienone is 8. The number of hydrogen-bond donors (Lipinski definition) is 0. The molecule has 0 unspecified atom stereocenters. The highest BCUT2D eigenvalue weighted by atomic mass is 13.9. The normalized spacial score (nSPS) is 28.9. The average Bonchev–Trinajstić information content (AvgIpc) is 2.18. The Hall–Kier alpha value is -1.04. The van der Waals surface area contributed by atoms with Gasteiger partial charge in [-0.3, -0.25) is 0 Å². The Kier molecular flexibility index (Phi) is 5.87. The largest absolute Gasteiger partial charge is 0.0882 e. The fourth-order valence-corrected chi connectivity index (χ4v) is 1.15. The molecule has 0 saturated carbocycles. The first-order valence-electron chi connectivity index (χ1n) is 4.95. The first kappa shape index (κ1) is 10.0. The third kappa shape index (κ3) is 6.15. The van der Waals surface area contributed by atoms with Gasteiger partial charge in [-0.25, -0.2) is 0 Å². The topological polar surface area (TPSA) is 0 Å². The highest BCUT2D eigenvalue weighted by Gasteiger charge is 1.80. The van der Waals surface area contributed by atoms with Crippen molar-refractivity contribution in [1.82, 2.24) is 0 Å². The van der Waals surface area contributed by atoms with Crippen molar-refractivity contribution in [3.8, 4) is 0 Å². The van der Waals surface area contributed by atoms with Crippen molar-refractivity contribution in [3.05, 3.63) is 55.0 Å². The summed E-state index contributed by atoms with van der Waals surface area (Å²) in [5.41, 5.74) is 0. The minimum absolute atomic E-state index is 1.03. The van der Waals surface area contributed by atoms with E-state index in [9.17, 15) is 0 Å². The molecule has 0 aliphatic heterocycles. The summed E-state index contributed by atoms with van der Waals surface area (Å²) in [6.45, 7) is 0. The molecule has 0 aromatic carbocycles. The van der Waals surface area contributed by atoms with Gasteiger partial charge in [-0.05, 0) is 32.1 Å². The molecular weight excluding hydrogens is 156 g/mol. The molecule has 69 valence electrons. The van der Waals surface area contributed by atoms with Crippen LogP contribution in [-0.2, 0) is 0 Å². The second-order valence-corrected chi connectivity index (χ2v) is 3.04. The van der Waals surface area contributed by atoms with Crippen molar-refractivity contribution in [2.24, 2.45) is 0 Å². The van der Waals surface area contributed by atoms with Crippen LogP contribution in [0.4, 0.5) is 0 Å². The molecule has 0 N–H and O–H groups in total. The van der Waals surface area contributed by atoms with Crippen molar-refractivity contribution in [2.75, 3.05) is 0 Å². The summed E-state index contributed by atoms with van der Waals surface area (Å²) in [4.78, 5) is 0. The molecule has 0 aromatic heterocycles. The Morgan fingerprint density at radius 1 is 0.538 bits per heavy atom. The van der Waals surface area contributed by atoms with Gasteiger partial charge in [-0.2, -0.15) is 0 Å². The lowest BCUT2D eigenvalue weighted by Gasteiger charge is -1.86. The van der Waals surface area contributed by atoms with Gasteiger partial charge < -0.3 is 0 Å². The minimum Gasteiger partial charge on any atom is -0.0882 e. The Morgan fingerprint density at radius 2 is 1.31 bits per heavy atom. The van der Waals surface area contributed by atoms with Gasteiger partial charge in [-0.15, -0.1) is 0 Å². The van der Waals surface area contributed by atoms with Crippen molar-refractivity contribution in [2.45, 2.75) is 25.7 Å². The van der Waals surface area contributed by atoms with Crippen molar-refractivity contribution in [1.29, 1.82) is 0 Å². The number of rotatable bonds is 0. The maximum atomic E-state index is 2.25. The summed E-state index contributed by atoms with van der Waals surface area (Å²) in [7, 11) is 0. The van der Waals surface area contributed by atoms with Gasteiger partial charge >= 0.3 is 0 Å². The Labute approximate surface area is 81.4 Å². The second kappa shape index (κ2) is 7.60. The quantitative estimate of drug-likeness (QED) is 0.486. The van der Waals surface area contributed by atoms with Gasteiger partial charge in [0.15, 0.2) is 0 Å². The molecule has 0 spiro atoms. The molecule has 0 nitrogen and oxygen atoms in total. The average molecular weight is 173 g/mol. The van der Waals surface area contributed by atoms with Crippen LogP contribution < -0.4 is 0 Å². The van der Waals surface area contributed by atoms with E-state index < -0.39 is 0 Å². The van der Waals surface area contributed by atoms with E-state index in [1.54, 1.807) is 0 Å². The smallest absolute Gasteiger partial charge is 0.0133 e. The zero-order chi connectivity index (χ0) is 9.19. The van der Waals surface area contributed by atoms with Gasteiger partial charge in [0, 0.05) is 0 Å². The highest BCUT2D eigenvalue weighted by Crippen LogP contribution is 1.99. The predicted molar refractivity (Wildman–Crippen MR) is 59.3 cm³/mol. The molecule has 1 radical (unpaired) electrons. The molecule has 1 aliphatic carbocycles. The van der Waals surface area contributed by atoms with E-state index in [0.717, 1.165) is 25.7 Å².